The SMILES string of the molecule is Cn1c(CCN2CCOCC2)nc2c1c(=O)n(Cc1ccc(Cl)c(Cl)c1)c(=O)n2C. The fourth-order valence-electron chi connectivity index (χ4n) is 3.76. The minimum atomic E-state index is -0.420. The molecule has 10 heteroatoms. The highest BCUT2D eigenvalue weighted by Crippen LogP contribution is 2.22. The van der Waals surface area contributed by atoms with Crippen LogP contribution in [0.1, 0.15) is 11.4 Å². The number of fused-ring (bicyclic) bond motifs is 1. The smallest absolute Gasteiger partial charge is 0.332 e. The first-order chi connectivity index (χ1) is 14.4. The first-order valence-electron chi connectivity index (χ1n) is 9.76. The molecule has 1 aliphatic heterocycles. The van der Waals surface area contributed by atoms with E-state index in [4.69, 9.17) is 27.9 Å². The Labute approximate surface area is 183 Å². The van der Waals surface area contributed by atoms with E-state index < -0.39 is 5.69 Å². The average Bonchev–Trinajstić information content (AvgIpc) is 3.08. The zero-order chi connectivity index (χ0) is 21.4. The second-order valence-electron chi connectivity index (χ2n) is 7.44. The molecule has 0 atom stereocenters. The Morgan fingerprint density at radius 3 is 2.50 bits per heavy atom. The van der Waals surface area contributed by atoms with Crippen LogP contribution in [0.4, 0.5) is 0 Å². The molecule has 1 saturated heterocycles. The molecule has 4 rings (SSSR count). The van der Waals surface area contributed by atoms with Crippen LogP contribution in [0.25, 0.3) is 11.2 Å². The normalized spacial score (nSPS) is 15.2. The highest BCUT2D eigenvalue weighted by Gasteiger charge is 2.19. The number of ether oxygens (including phenoxy) is 1. The summed E-state index contributed by atoms with van der Waals surface area (Å²) in [5.41, 5.74) is 0.741. The molecule has 0 radical (unpaired) electrons. The number of nitrogens with zero attached hydrogens (tertiary/aromatic N) is 5. The van der Waals surface area contributed by atoms with Crippen molar-refractivity contribution >= 4 is 34.4 Å². The maximum atomic E-state index is 13.2. The molecule has 2 aromatic heterocycles. The fraction of sp³-hybridized carbons (Fsp3) is 0.450. The molecule has 1 aromatic carbocycles. The molecule has 30 heavy (non-hydrogen) atoms. The van der Waals surface area contributed by atoms with Gasteiger partial charge >= 0.3 is 5.69 Å². The molecular weight excluding hydrogens is 429 g/mol. The molecule has 3 heterocycles. The Bertz CT molecular complexity index is 1210. The summed E-state index contributed by atoms with van der Waals surface area (Å²) in [6, 6.07) is 5.07. The third kappa shape index (κ3) is 3.92. The molecule has 1 aliphatic rings. The number of rotatable bonds is 5. The zero-order valence-electron chi connectivity index (χ0n) is 16.9. The van der Waals surface area contributed by atoms with E-state index in [9.17, 15) is 9.59 Å². The summed E-state index contributed by atoms with van der Waals surface area (Å²) >= 11 is 12.1. The van der Waals surface area contributed by atoms with Crippen LogP contribution in [0.5, 0.6) is 0 Å². The second-order valence-corrected chi connectivity index (χ2v) is 8.26. The molecule has 0 saturated carbocycles. The molecule has 0 N–H and O–H groups in total. The number of aryl methyl sites for hydroxylation is 2. The molecular formula is C20H23Cl2N5O3. The van der Waals surface area contributed by atoms with Crippen molar-refractivity contribution < 1.29 is 4.74 Å². The van der Waals surface area contributed by atoms with Gasteiger partial charge in [0.2, 0.25) is 0 Å². The number of hydrogen-bond donors (Lipinski definition) is 0. The van der Waals surface area contributed by atoms with Gasteiger partial charge in [0.1, 0.15) is 5.82 Å². The van der Waals surface area contributed by atoms with Crippen LogP contribution in [-0.4, -0.2) is 56.4 Å². The van der Waals surface area contributed by atoms with Crippen molar-refractivity contribution in [3.63, 3.8) is 0 Å². The van der Waals surface area contributed by atoms with Crippen molar-refractivity contribution in [3.8, 4) is 0 Å². The maximum Gasteiger partial charge on any atom is 0.332 e. The predicted octanol–water partition coefficient (Wildman–Crippen LogP) is 1.66. The Kier molecular flexibility index (Phi) is 6.02. The van der Waals surface area contributed by atoms with Crippen molar-refractivity contribution in [3.05, 3.63) is 60.5 Å². The van der Waals surface area contributed by atoms with Crippen LogP contribution in [0.3, 0.4) is 0 Å². The van der Waals surface area contributed by atoms with E-state index in [0.29, 0.717) is 27.6 Å². The standard InChI is InChI=1S/C20H23Cl2N5O3/c1-24-16(5-6-26-7-9-30-10-8-26)23-18-17(24)19(28)27(20(29)25(18)2)12-13-3-4-14(21)15(22)11-13/h3-4,11H,5-10,12H2,1-2H3. The third-order valence-corrected chi connectivity index (χ3v) is 6.27. The van der Waals surface area contributed by atoms with Crippen molar-refractivity contribution in [2.24, 2.45) is 14.1 Å². The molecule has 0 spiro atoms. The first-order valence-corrected chi connectivity index (χ1v) is 10.5. The summed E-state index contributed by atoms with van der Waals surface area (Å²) in [5.74, 6) is 0.774. The first kappa shape index (κ1) is 21.1. The monoisotopic (exact) mass is 451 g/mol. The van der Waals surface area contributed by atoms with Gasteiger partial charge < -0.3 is 9.30 Å². The lowest BCUT2D eigenvalue weighted by atomic mass is 10.2. The molecule has 0 amide bonds. The predicted molar refractivity (Wildman–Crippen MR) is 117 cm³/mol. The molecule has 160 valence electrons. The summed E-state index contributed by atoms with van der Waals surface area (Å²) in [7, 11) is 3.45. The van der Waals surface area contributed by atoms with Gasteiger partial charge in [0.05, 0.1) is 29.8 Å². The molecule has 8 nitrogen and oxygen atoms in total. The van der Waals surface area contributed by atoms with Crippen LogP contribution in [0.15, 0.2) is 27.8 Å². The second kappa shape index (κ2) is 8.55. The molecule has 3 aromatic rings. The van der Waals surface area contributed by atoms with E-state index in [1.807, 2.05) is 7.05 Å². The summed E-state index contributed by atoms with van der Waals surface area (Å²) in [6.07, 6.45) is 0.686. The van der Waals surface area contributed by atoms with E-state index in [1.165, 1.54) is 9.13 Å². The Hall–Kier alpha value is -2.13. The Balaban J connectivity index is 1.70. The lowest BCUT2D eigenvalue weighted by Crippen LogP contribution is -2.39. The number of halogens is 2. The van der Waals surface area contributed by atoms with Gasteiger partial charge in [0.25, 0.3) is 5.56 Å². The van der Waals surface area contributed by atoms with Crippen LogP contribution >= 0.6 is 23.2 Å². The number of morpholine rings is 1. The summed E-state index contributed by atoms with van der Waals surface area (Å²) in [4.78, 5) is 33.0. The molecule has 0 bridgehead atoms. The van der Waals surface area contributed by atoms with Crippen molar-refractivity contribution in [1.29, 1.82) is 0 Å². The van der Waals surface area contributed by atoms with Gasteiger partial charge in [-0.15, -0.1) is 0 Å². The quantitative estimate of drug-likeness (QED) is 0.589. The van der Waals surface area contributed by atoms with Gasteiger partial charge in [-0.05, 0) is 17.7 Å². The highest BCUT2D eigenvalue weighted by atomic mass is 35.5. The van der Waals surface area contributed by atoms with Gasteiger partial charge in [-0.3, -0.25) is 18.8 Å². The van der Waals surface area contributed by atoms with Gasteiger partial charge in [-0.2, -0.15) is 0 Å². The van der Waals surface area contributed by atoms with E-state index in [1.54, 1.807) is 29.8 Å². The maximum absolute atomic E-state index is 13.2. The Morgan fingerprint density at radius 1 is 1.07 bits per heavy atom. The minimum Gasteiger partial charge on any atom is -0.379 e. The van der Waals surface area contributed by atoms with E-state index in [-0.39, 0.29) is 12.1 Å². The number of hydrogen-bond acceptors (Lipinski definition) is 5. The third-order valence-electron chi connectivity index (χ3n) is 5.53. The zero-order valence-corrected chi connectivity index (χ0v) is 18.4. The van der Waals surface area contributed by atoms with E-state index in [2.05, 4.69) is 9.88 Å². The summed E-state index contributed by atoms with van der Waals surface area (Å²) in [5, 5.41) is 0.804. The van der Waals surface area contributed by atoms with Gasteiger partial charge in [-0.1, -0.05) is 29.3 Å². The number of aromatic nitrogens is 4. The van der Waals surface area contributed by atoms with Gasteiger partial charge in [-0.25, -0.2) is 9.78 Å². The van der Waals surface area contributed by atoms with Crippen LogP contribution in [0, 0.1) is 0 Å². The minimum absolute atomic E-state index is 0.104. The van der Waals surface area contributed by atoms with Gasteiger partial charge in [0.15, 0.2) is 11.2 Å². The van der Waals surface area contributed by atoms with E-state index in [0.717, 1.165) is 44.2 Å². The summed E-state index contributed by atoms with van der Waals surface area (Å²) < 4.78 is 9.81. The lowest BCUT2D eigenvalue weighted by Gasteiger charge is -2.26. The van der Waals surface area contributed by atoms with Crippen LogP contribution in [0.2, 0.25) is 10.0 Å². The molecule has 1 fully saturated rings. The molecule has 0 unspecified atom stereocenters. The topological polar surface area (TPSA) is 74.3 Å². The number of benzene rings is 1. The average molecular weight is 452 g/mol. The highest BCUT2D eigenvalue weighted by molar-refractivity contribution is 6.42. The van der Waals surface area contributed by atoms with Crippen molar-refractivity contribution in [2.75, 3.05) is 32.8 Å². The van der Waals surface area contributed by atoms with E-state index >= 15 is 0 Å². The fourth-order valence-corrected chi connectivity index (χ4v) is 4.08. The van der Waals surface area contributed by atoms with Gasteiger partial charge in [0, 0.05) is 40.2 Å². The lowest BCUT2D eigenvalue weighted by molar-refractivity contribution is 0.0381. The van der Waals surface area contributed by atoms with Crippen molar-refractivity contribution in [2.45, 2.75) is 13.0 Å². The largest absolute Gasteiger partial charge is 0.379 e. The number of imidazole rings is 1. The van der Waals surface area contributed by atoms with Crippen LogP contribution in [-0.2, 0) is 31.8 Å². The van der Waals surface area contributed by atoms with Crippen LogP contribution < -0.4 is 11.2 Å². The summed E-state index contributed by atoms with van der Waals surface area (Å²) in [6.45, 7) is 4.17. The molecule has 0 aliphatic carbocycles. The Morgan fingerprint density at radius 2 is 1.80 bits per heavy atom. The van der Waals surface area contributed by atoms with Crippen molar-refractivity contribution in [1.82, 2.24) is 23.6 Å².